The van der Waals surface area contributed by atoms with Crippen molar-refractivity contribution in [2.45, 2.75) is 23.9 Å². The number of rotatable bonds is 5. The average molecular weight is 433 g/mol. The van der Waals surface area contributed by atoms with E-state index in [4.69, 9.17) is 23.2 Å². The summed E-state index contributed by atoms with van der Waals surface area (Å²) >= 11 is 10.9. The molecule has 26 heavy (non-hydrogen) atoms. The second-order valence-corrected chi connectivity index (χ2v) is 8.54. The van der Waals surface area contributed by atoms with Gasteiger partial charge in [0.15, 0.2) is 0 Å². The molecule has 0 unspecified atom stereocenters. The highest BCUT2D eigenvalue weighted by Gasteiger charge is 2.36. The third-order valence-corrected chi connectivity index (χ3v) is 6.63. The summed E-state index contributed by atoms with van der Waals surface area (Å²) in [5.74, 6) is -0.363. The summed E-state index contributed by atoms with van der Waals surface area (Å²) in [6.45, 7) is 0.708. The molecule has 1 aromatic carbocycles. The zero-order chi connectivity index (χ0) is 19.5. The molecule has 1 aromatic rings. The number of piperidine rings is 1. The van der Waals surface area contributed by atoms with E-state index in [2.05, 4.69) is 5.32 Å². The first-order valence-corrected chi connectivity index (χ1v) is 10.1. The monoisotopic (exact) mass is 432 g/mol. The molecule has 0 bridgehead atoms. The molecule has 0 radical (unpaired) electrons. The lowest BCUT2D eigenvalue weighted by Crippen LogP contribution is -2.41. The number of hydrogen-bond donors (Lipinski definition) is 1. The number of carbonyl (C=O) groups is 1. The number of alkyl halides is 4. The smallest absolute Gasteiger partial charge is 0.355 e. The summed E-state index contributed by atoms with van der Waals surface area (Å²) in [7, 11) is -4.05. The molecule has 0 atom stereocenters. The summed E-state index contributed by atoms with van der Waals surface area (Å²) in [5, 5.41) is 2.09. The zero-order valence-electron chi connectivity index (χ0n) is 13.5. The topological polar surface area (TPSA) is 66.5 Å². The van der Waals surface area contributed by atoms with Gasteiger partial charge < -0.3 is 5.32 Å². The van der Waals surface area contributed by atoms with Gasteiger partial charge in [-0.25, -0.2) is 8.42 Å². The third-order valence-electron chi connectivity index (χ3n) is 4.16. The maximum absolute atomic E-state index is 13.0. The van der Waals surface area contributed by atoms with E-state index in [-0.39, 0.29) is 30.8 Å². The lowest BCUT2D eigenvalue weighted by atomic mass is 9.98. The number of carbonyl (C=O) groups excluding carboxylic acids is 1. The fourth-order valence-corrected chi connectivity index (χ4v) is 4.51. The molecule has 146 valence electrons. The number of nitrogens with one attached hydrogen (secondary N) is 1. The molecule has 1 saturated heterocycles. The van der Waals surface area contributed by atoms with Gasteiger partial charge in [-0.3, -0.25) is 4.79 Å². The Bertz CT molecular complexity index is 764. The van der Waals surface area contributed by atoms with Crippen molar-refractivity contribution in [2.24, 2.45) is 5.92 Å². The molecule has 1 fully saturated rings. The van der Waals surface area contributed by atoms with Crippen LogP contribution in [0.25, 0.3) is 0 Å². The molecule has 11 heteroatoms. The van der Waals surface area contributed by atoms with Crippen LogP contribution in [0.3, 0.4) is 0 Å². The van der Waals surface area contributed by atoms with Crippen LogP contribution in [0.4, 0.5) is 13.2 Å². The standard InChI is InChI=1S/C15H17Cl2F3N2O3S/c16-8-14(23)21-9-10-3-5-22(6-4-10)26(24,25)11-1-2-13(17)12(7-11)15(18,19)20/h1-2,7,10H,3-6,8-9H2,(H,21,23). The Hall–Kier alpha value is -1.03. The predicted molar refractivity (Wildman–Crippen MR) is 91.7 cm³/mol. The fourth-order valence-electron chi connectivity index (χ4n) is 2.69. The van der Waals surface area contributed by atoms with Crippen LogP contribution in [-0.4, -0.2) is 44.1 Å². The first-order chi connectivity index (χ1) is 12.1. The number of benzene rings is 1. The van der Waals surface area contributed by atoms with E-state index < -0.39 is 31.7 Å². The Kier molecular flexibility index (Phi) is 6.81. The Morgan fingerprint density at radius 3 is 2.42 bits per heavy atom. The van der Waals surface area contributed by atoms with Crippen LogP contribution >= 0.6 is 23.2 Å². The molecule has 1 heterocycles. The molecular formula is C15H17Cl2F3N2O3S. The summed E-state index contributed by atoms with van der Waals surface area (Å²) in [6.07, 6.45) is -3.76. The zero-order valence-corrected chi connectivity index (χ0v) is 15.9. The van der Waals surface area contributed by atoms with E-state index >= 15 is 0 Å². The van der Waals surface area contributed by atoms with Gasteiger partial charge in [-0.1, -0.05) is 11.6 Å². The van der Waals surface area contributed by atoms with E-state index in [1.807, 2.05) is 0 Å². The summed E-state index contributed by atoms with van der Waals surface area (Å²) in [4.78, 5) is 10.7. The van der Waals surface area contributed by atoms with Crippen LogP contribution in [0, 0.1) is 5.92 Å². The second-order valence-electron chi connectivity index (χ2n) is 5.92. The predicted octanol–water partition coefficient (Wildman–Crippen LogP) is 3.11. The molecule has 1 aliphatic heterocycles. The highest BCUT2D eigenvalue weighted by molar-refractivity contribution is 7.89. The van der Waals surface area contributed by atoms with Crippen LogP contribution in [-0.2, 0) is 21.0 Å². The molecule has 1 amide bonds. The van der Waals surface area contributed by atoms with Gasteiger partial charge >= 0.3 is 6.18 Å². The van der Waals surface area contributed by atoms with Crippen LogP contribution in [0.5, 0.6) is 0 Å². The third kappa shape index (κ3) is 5.03. The lowest BCUT2D eigenvalue weighted by Gasteiger charge is -2.31. The SMILES string of the molecule is O=C(CCl)NCC1CCN(S(=O)(=O)c2ccc(Cl)c(C(F)(F)F)c2)CC1. The van der Waals surface area contributed by atoms with Crippen LogP contribution in [0.15, 0.2) is 23.1 Å². The highest BCUT2D eigenvalue weighted by Crippen LogP contribution is 2.36. The molecule has 2 rings (SSSR count). The first-order valence-electron chi connectivity index (χ1n) is 7.75. The molecule has 0 aliphatic carbocycles. The maximum atomic E-state index is 13.0. The Morgan fingerprint density at radius 1 is 1.27 bits per heavy atom. The van der Waals surface area contributed by atoms with E-state index in [0.717, 1.165) is 16.4 Å². The van der Waals surface area contributed by atoms with Gasteiger partial charge in [0.25, 0.3) is 0 Å². The normalized spacial score (nSPS) is 17.3. The van der Waals surface area contributed by atoms with E-state index in [1.54, 1.807) is 0 Å². The number of hydrogen-bond acceptors (Lipinski definition) is 3. The van der Waals surface area contributed by atoms with Gasteiger partial charge in [-0.15, -0.1) is 11.6 Å². The number of halogens is 5. The summed E-state index contributed by atoms with van der Waals surface area (Å²) < 4.78 is 65.3. The van der Waals surface area contributed by atoms with Gasteiger partial charge in [-0.05, 0) is 37.0 Å². The molecule has 1 N–H and O–H groups in total. The van der Waals surface area contributed by atoms with Crippen molar-refractivity contribution in [3.8, 4) is 0 Å². The lowest BCUT2D eigenvalue weighted by molar-refractivity contribution is -0.137. The molecular weight excluding hydrogens is 416 g/mol. The minimum atomic E-state index is -4.74. The quantitative estimate of drug-likeness (QED) is 0.726. The molecule has 0 saturated carbocycles. The number of sulfonamides is 1. The molecule has 0 spiro atoms. The van der Waals surface area contributed by atoms with Crippen molar-refractivity contribution < 1.29 is 26.4 Å². The van der Waals surface area contributed by atoms with Crippen molar-refractivity contribution in [3.05, 3.63) is 28.8 Å². The maximum Gasteiger partial charge on any atom is 0.417 e. The Morgan fingerprint density at radius 2 is 1.88 bits per heavy atom. The van der Waals surface area contributed by atoms with Gasteiger partial charge in [0, 0.05) is 19.6 Å². The summed E-state index contributed by atoms with van der Waals surface area (Å²) in [5.41, 5.74) is -1.18. The van der Waals surface area contributed by atoms with Crippen LogP contribution < -0.4 is 5.32 Å². The Labute approximate surface area is 159 Å². The van der Waals surface area contributed by atoms with Gasteiger partial charge in [-0.2, -0.15) is 17.5 Å². The Balaban J connectivity index is 2.09. The van der Waals surface area contributed by atoms with Crippen molar-refractivity contribution in [3.63, 3.8) is 0 Å². The largest absolute Gasteiger partial charge is 0.417 e. The number of amides is 1. The minimum Gasteiger partial charge on any atom is -0.355 e. The van der Waals surface area contributed by atoms with Crippen molar-refractivity contribution in [2.75, 3.05) is 25.5 Å². The van der Waals surface area contributed by atoms with E-state index in [1.165, 1.54) is 0 Å². The van der Waals surface area contributed by atoms with Crippen LogP contribution in [0.2, 0.25) is 5.02 Å². The van der Waals surface area contributed by atoms with Crippen molar-refractivity contribution in [1.82, 2.24) is 9.62 Å². The van der Waals surface area contributed by atoms with E-state index in [0.29, 0.717) is 25.5 Å². The highest BCUT2D eigenvalue weighted by atomic mass is 35.5. The minimum absolute atomic E-state index is 0.0876. The van der Waals surface area contributed by atoms with Gasteiger partial charge in [0.2, 0.25) is 15.9 Å². The van der Waals surface area contributed by atoms with Gasteiger partial charge in [0.1, 0.15) is 5.88 Å². The average Bonchev–Trinajstić information content (AvgIpc) is 2.59. The van der Waals surface area contributed by atoms with Gasteiger partial charge in [0.05, 0.1) is 15.5 Å². The molecule has 5 nitrogen and oxygen atoms in total. The van der Waals surface area contributed by atoms with E-state index in [9.17, 15) is 26.4 Å². The summed E-state index contributed by atoms with van der Waals surface area (Å²) in [6, 6.07) is 2.57. The number of nitrogens with zero attached hydrogens (tertiary/aromatic N) is 1. The van der Waals surface area contributed by atoms with Crippen molar-refractivity contribution >= 4 is 39.1 Å². The van der Waals surface area contributed by atoms with Crippen LogP contribution in [0.1, 0.15) is 18.4 Å². The second kappa shape index (κ2) is 8.33. The van der Waals surface area contributed by atoms with Crippen molar-refractivity contribution in [1.29, 1.82) is 0 Å². The molecule has 1 aliphatic rings. The first kappa shape index (κ1) is 21.3. The molecule has 0 aromatic heterocycles. The fraction of sp³-hybridized carbons (Fsp3) is 0.533.